The van der Waals surface area contributed by atoms with E-state index in [4.69, 9.17) is 13.9 Å². The minimum atomic E-state index is -3.81. The van der Waals surface area contributed by atoms with Crippen molar-refractivity contribution in [3.05, 3.63) is 77.4 Å². The number of nitrogens with one attached hydrogen (secondary N) is 2. The lowest BCUT2D eigenvalue weighted by Crippen LogP contribution is -2.26. The molecule has 0 bridgehead atoms. The maximum Gasteiger partial charge on any atom is 0.251 e. The van der Waals surface area contributed by atoms with Crippen LogP contribution in [0.5, 0.6) is 5.88 Å². The summed E-state index contributed by atoms with van der Waals surface area (Å²) in [6, 6.07) is 11.3. The molecule has 0 aliphatic heterocycles. The highest BCUT2D eigenvalue weighted by molar-refractivity contribution is 7.89. The largest absolute Gasteiger partial charge is 0.475 e. The molecule has 9 nitrogen and oxygen atoms in total. The summed E-state index contributed by atoms with van der Waals surface area (Å²) in [5, 5.41) is 2.79. The lowest BCUT2D eigenvalue weighted by molar-refractivity contribution is 0.0950. The molecule has 0 radical (unpaired) electrons. The topological polar surface area (TPSA) is 120 Å². The van der Waals surface area contributed by atoms with E-state index < -0.39 is 10.0 Å². The van der Waals surface area contributed by atoms with E-state index in [9.17, 15) is 13.2 Å². The number of aromatic nitrogens is 1. The van der Waals surface area contributed by atoms with Gasteiger partial charge in [-0.1, -0.05) is 12.1 Å². The van der Waals surface area contributed by atoms with E-state index in [1.807, 2.05) is 0 Å². The van der Waals surface area contributed by atoms with E-state index in [2.05, 4.69) is 15.0 Å². The summed E-state index contributed by atoms with van der Waals surface area (Å²) in [7, 11) is -2.22. The summed E-state index contributed by atoms with van der Waals surface area (Å²) in [5.41, 5.74) is 1.71. The molecule has 3 aromatic rings. The van der Waals surface area contributed by atoms with E-state index in [0.717, 1.165) is 5.56 Å². The van der Waals surface area contributed by atoms with Crippen molar-refractivity contribution in [1.29, 1.82) is 0 Å². The minimum Gasteiger partial charge on any atom is -0.475 e. The minimum absolute atomic E-state index is 0.000895. The van der Waals surface area contributed by atoms with Crippen LogP contribution in [-0.2, 0) is 27.8 Å². The number of sulfonamides is 1. The molecule has 0 fully saturated rings. The number of amides is 1. The van der Waals surface area contributed by atoms with Gasteiger partial charge < -0.3 is 19.2 Å². The van der Waals surface area contributed by atoms with Crippen molar-refractivity contribution in [3.8, 4) is 5.88 Å². The van der Waals surface area contributed by atoms with Crippen LogP contribution in [0.2, 0.25) is 0 Å². The van der Waals surface area contributed by atoms with Crippen molar-refractivity contribution in [3.63, 3.8) is 0 Å². The second-order valence-electron chi connectivity index (χ2n) is 6.91. The van der Waals surface area contributed by atoms with Gasteiger partial charge in [-0.15, -0.1) is 0 Å². The molecule has 2 N–H and O–H groups in total. The molecule has 3 rings (SSSR count). The lowest BCUT2D eigenvalue weighted by Gasteiger charge is -2.11. The molecule has 0 saturated carbocycles. The maximum atomic E-state index is 12.7. The van der Waals surface area contributed by atoms with Crippen LogP contribution in [0.3, 0.4) is 0 Å². The zero-order valence-electron chi connectivity index (χ0n) is 17.8. The number of hydrogen-bond donors (Lipinski definition) is 2. The van der Waals surface area contributed by atoms with E-state index in [1.54, 1.807) is 50.6 Å². The van der Waals surface area contributed by atoms with Gasteiger partial charge in [-0.2, -0.15) is 0 Å². The average molecular weight is 460 g/mol. The molecule has 0 atom stereocenters. The number of furan rings is 1. The highest BCUT2D eigenvalue weighted by atomic mass is 32.2. The molecule has 0 aliphatic carbocycles. The first-order valence-electron chi connectivity index (χ1n) is 9.86. The fourth-order valence-electron chi connectivity index (χ4n) is 2.78. The van der Waals surface area contributed by atoms with E-state index in [1.165, 1.54) is 18.4 Å². The van der Waals surface area contributed by atoms with Gasteiger partial charge in [0, 0.05) is 31.5 Å². The number of methoxy groups -OCH3 is 1. The van der Waals surface area contributed by atoms with E-state index in [0.29, 0.717) is 30.4 Å². The number of benzene rings is 1. The fraction of sp³-hybridized carbons (Fsp3) is 0.273. The quantitative estimate of drug-likeness (QED) is 0.423. The van der Waals surface area contributed by atoms with Crippen LogP contribution in [-0.4, -0.2) is 39.6 Å². The molecule has 0 spiro atoms. The lowest BCUT2D eigenvalue weighted by atomic mass is 10.1. The summed E-state index contributed by atoms with van der Waals surface area (Å²) in [6.45, 7) is 2.86. The second kappa shape index (κ2) is 10.9. The maximum absolute atomic E-state index is 12.7. The third kappa shape index (κ3) is 6.39. The van der Waals surface area contributed by atoms with Gasteiger partial charge in [-0.05, 0) is 42.3 Å². The van der Waals surface area contributed by atoms with Crippen molar-refractivity contribution < 1.29 is 27.1 Å². The highest BCUT2D eigenvalue weighted by Gasteiger charge is 2.18. The number of hydrogen-bond acceptors (Lipinski definition) is 7. The zero-order valence-corrected chi connectivity index (χ0v) is 18.6. The molecule has 1 aromatic carbocycles. The van der Waals surface area contributed by atoms with Crippen molar-refractivity contribution in [1.82, 2.24) is 15.0 Å². The highest BCUT2D eigenvalue weighted by Crippen LogP contribution is 2.17. The van der Waals surface area contributed by atoms with Gasteiger partial charge in [0.15, 0.2) is 0 Å². The van der Waals surface area contributed by atoms with Crippen molar-refractivity contribution >= 4 is 15.9 Å². The smallest absolute Gasteiger partial charge is 0.251 e. The Balaban J connectivity index is 1.62. The number of rotatable bonds is 11. The molecule has 170 valence electrons. The molecule has 0 saturated heterocycles. The van der Waals surface area contributed by atoms with Crippen molar-refractivity contribution in [2.24, 2.45) is 0 Å². The Kier molecular flexibility index (Phi) is 7.98. The summed E-state index contributed by atoms with van der Waals surface area (Å²) in [4.78, 5) is 16.9. The molecular formula is C22H25N3O6S. The molecule has 10 heteroatoms. The summed E-state index contributed by atoms with van der Waals surface area (Å²) >= 11 is 0. The van der Waals surface area contributed by atoms with Gasteiger partial charge in [0.1, 0.15) is 12.4 Å². The first kappa shape index (κ1) is 23.5. The molecule has 2 heterocycles. The van der Waals surface area contributed by atoms with Crippen LogP contribution in [0.1, 0.15) is 27.2 Å². The van der Waals surface area contributed by atoms with Crippen molar-refractivity contribution in [2.45, 2.75) is 24.9 Å². The van der Waals surface area contributed by atoms with Gasteiger partial charge in [0.2, 0.25) is 15.9 Å². The van der Waals surface area contributed by atoms with Gasteiger partial charge in [0.05, 0.1) is 24.3 Å². The van der Waals surface area contributed by atoms with Crippen LogP contribution < -0.4 is 14.8 Å². The first-order chi connectivity index (χ1) is 15.4. The van der Waals surface area contributed by atoms with Crippen LogP contribution >= 0.6 is 0 Å². The normalized spacial score (nSPS) is 11.3. The molecule has 2 aromatic heterocycles. The predicted molar refractivity (Wildman–Crippen MR) is 117 cm³/mol. The zero-order chi connectivity index (χ0) is 23.0. The Morgan fingerprint density at radius 3 is 2.66 bits per heavy atom. The van der Waals surface area contributed by atoms with E-state index >= 15 is 0 Å². The molecule has 32 heavy (non-hydrogen) atoms. The van der Waals surface area contributed by atoms with Crippen LogP contribution in [0, 0.1) is 6.92 Å². The molecule has 0 unspecified atom stereocenters. The summed E-state index contributed by atoms with van der Waals surface area (Å²) < 4.78 is 43.1. The van der Waals surface area contributed by atoms with Crippen molar-refractivity contribution in [2.75, 3.05) is 20.3 Å². The number of aryl methyl sites for hydroxylation is 1. The Hall–Kier alpha value is -3.21. The van der Waals surface area contributed by atoms with Crippen LogP contribution in [0.15, 0.2) is 64.2 Å². The van der Waals surface area contributed by atoms with Crippen LogP contribution in [0.4, 0.5) is 0 Å². The third-order valence-corrected chi connectivity index (χ3v) is 5.97. The number of pyridine rings is 1. The average Bonchev–Trinajstić information content (AvgIpc) is 3.31. The summed E-state index contributed by atoms with van der Waals surface area (Å²) in [5.74, 6) is 0.571. The van der Waals surface area contributed by atoms with E-state index in [-0.39, 0.29) is 29.5 Å². The van der Waals surface area contributed by atoms with Crippen LogP contribution in [0.25, 0.3) is 0 Å². The third-order valence-electron chi connectivity index (χ3n) is 4.57. The fourth-order valence-corrected chi connectivity index (χ4v) is 3.80. The standard InChI is InChI=1S/C22H25N3O6S/c1-16-5-7-19(32(27,28)25-15-18-4-3-9-30-18)12-20(16)22(26)24-14-17-6-8-21(23-13-17)31-11-10-29-2/h3-9,12-13,25H,10-11,14-15H2,1-2H3,(H,24,26). The Morgan fingerprint density at radius 1 is 1.12 bits per heavy atom. The van der Waals surface area contributed by atoms with Gasteiger partial charge in [0.25, 0.3) is 5.91 Å². The number of nitrogens with zero attached hydrogens (tertiary/aromatic N) is 1. The number of carbonyl (C=O) groups excluding carboxylic acids is 1. The molecule has 1 amide bonds. The first-order valence-corrected chi connectivity index (χ1v) is 11.3. The monoisotopic (exact) mass is 459 g/mol. The Labute approximate surface area is 186 Å². The van der Waals surface area contributed by atoms with Gasteiger partial charge >= 0.3 is 0 Å². The Morgan fingerprint density at radius 2 is 1.97 bits per heavy atom. The van der Waals surface area contributed by atoms with Gasteiger partial charge in [-0.25, -0.2) is 18.1 Å². The second-order valence-corrected chi connectivity index (χ2v) is 8.68. The molecule has 0 aliphatic rings. The number of carbonyl (C=O) groups is 1. The summed E-state index contributed by atoms with van der Waals surface area (Å²) in [6.07, 6.45) is 3.07. The number of ether oxygens (including phenoxy) is 2. The van der Waals surface area contributed by atoms with Gasteiger partial charge in [-0.3, -0.25) is 4.79 Å². The molecular weight excluding hydrogens is 434 g/mol. The predicted octanol–water partition coefficient (Wildman–Crippen LogP) is 2.42. The Bertz CT molecular complexity index is 1130. The SMILES string of the molecule is COCCOc1ccc(CNC(=O)c2cc(S(=O)(=O)NCc3ccco3)ccc2C)cn1.